The summed E-state index contributed by atoms with van der Waals surface area (Å²) >= 11 is 1.49. The summed E-state index contributed by atoms with van der Waals surface area (Å²) in [5.41, 5.74) is 0. The van der Waals surface area contributed by atoms with Crippen LogP contribution in [0.25, 0.3) is 0 Å². The first-order valence-corrected chi connectivity index (χ1v) is 8.80. The Morgan fingerprint density at radius 3 is 2.81 bits per heavy atom. The van der Waals surface area contributed by atoms with Gasteiger partial charge in [0.25, 0.3) is 0 Å². The van der Waals surface area contributed by atoms with Crippen molar-refractivity contribution in [1.82, 2.24) is 24.8 Å². The topological polar surface area (TPSA) is 88.9 Å². The summed E-state index contributed by atoms with van der Waals surface area (Å²) in [6, 6.07) is 1.72. The second-order valence-corrected chi connectivity index (χ2v) is 7.75. The highest BCUT2D eigenvalue weighted by molar-refractivity contribution is 7.89. The Morgan fingerprint density at radius 2 is 2.19 bits per heavy atom. The number of rotatable bonds is 7. The van der Waals surface area contributed by atoms with Crippen molar-refractivity contribution in [1.29, 1.82) is 0 Å². The SMILES string of the molecule is CNCc1cc(S(=O)(=O)NCCc2nncn2C)c(C)s1. The number of sulfonamides is 1. The Labute approximate surface area is 128 Å². The van der Waals surface area contributed by atoms with Crippen molar-refractivity contribution in [2.45, 2.75) is 24.8 Å². The lowest BCUT2D eigenvalue weighted by molar-refractivity contribution is 0.579. The fourth-order valence-electron chi connectivity index (χ4n) is 1.96. The number of nitrogens with one attached hydrogen (secondary N) is 2. The van der Waals surface area contributed by atoms with Crippen molar-refractivity contribution in [2.75, 3.05) is 13.6 Å². The van der Waals surface area contributed by atoms with E-state index >= 15 is 0 Å². The first kappa shape index (κ1) is 16.1. The lowest BCUT2D eigenvalue weighted by Crippen LogP contribution is -2.26. The van der Waals surface area contributed by atoms with E-state index in [4.69, 9.17) is 0 Å². The van der Waals surface area contributed by atoms with Crippen LogP contribution in [0.15, 0.2) is 17.3 Å². The number of aryl methyl sites for hydroxylation is 2. The first-order valence-electron chi connectivity index (χ1n) is 6.50. The molecule has 2 N–H and O–H groups in total. The summed E-state index contributed by atoms with van der Waals surface area (Å²) < 4.78 is 29.0. The van der Waals surface area contributed by atoms with Gasteiger partial charge in [-0.1, -0.05) is 0 Å². The van der Waals surface area contributed by atoms with Crippen LogP contribution < -0.4 is 10.0 Å². The van der Waals surface area contributed by atoms with Crippen molar-refractivity contribution in [3.63, 3.8) is 0 Å². The fourth-order valence-corrected chi connectivity index (χ4v) is 4.64. The second kappa shape index (κ2) is 6.65. The van der Waals surface area contributed by atoms with Gasteiger partial charge in [-0.15, -0.1) is 21.5 Å². The van der Waals surface area contributed by atoms with Crippen LogP contribution in [0, 0.1) is 6.92 Å². The molecule has 2 rings (SSSR count). The maximum atomic E-state index is 12.3. The van der Waals surface area contributed by atoms with E-state index in [0.717, 1.165) is 15.6 Å². The minimum atomic E-state index is -3.48. The Balaban J connectivity index is 2.03. The van der Waals surface area contributed by atoms with Gasteiger partial charge in [-0.2, -0.15) is 0 Å². The predicted molar refractivity (Wildman–Crippen MR) is 81.7 cm³/mol. The van der Waals surface area contributed by atoms with E-state index < -0.39 is 10.0 Å². The third-order valence-electron chi connectivity index (χ3n) is 3.01. The van der Waals surface area contributed by atoms with Gasteiger partial charge in [-0.25, -0.2) is 13.1 Å². The van der Waals surface area contributed by atoms with Crippen LogP contribution in [0.5, 0.6) is 0 Å². The molecule has 0 saturated carbocycles. The Kier molecular flexibility index (Phi) is 5.09. The van der Waals surface area contributed by atoms with Crippen LogP contribution in [-0.4, -0.2) is 36.8 Å². The lowest BCUT2D eigenvalue weighted by Gasteiger charge is -2.05. The Bertz CT molecular complexity index is 705. The summed E-state index contributed by atoms with van der Waals surface area (Å²) in [6.07, 6.45) is 2.10. The molecule has 2 aromatic rings. The highest BCUT2D eigenvalue weighted by Gasteiger charge is 2.19. The molecular weight excluding hydrogens is 310 g/mol. The van der Waals surface area contributed by atoms with Crippen LogP contribution in [0.1, 0.15) is 15.6 Å². The fraction of sp³-hybridized carbons (Fsp3) is 0.500. The minimum Gasteiger partial charge on any atom is -0.321 e. The molecule has 0 aliphatic rings. The van der Waals surface area contributed by atoms with Crippen molar-refractivity contribution in [3.05, 3.63) is 28.0 Å². The molecule has 21 heavy (non-hydrogen) atoms. The molecular formula is C12H19N5O2S2. The molecule has 0 aliphatic carbocycles. The maximum absolute atomic E-state index is 12.3. The third-order valence-corrected chi connectivity index (χ3v) is 5.78. The molecule has 0 bridgehead atoms. The van der Waals surface area contributed by atoms with Crippen molar-refractivity contribution in [3.8, 4) is 0 Å². The van der Waals surface area contributed by atoms with E-state index in [0.29, 0.717) is 24.4 Å². The molecule has 116 valence electrons. The normalized spacial score (nSPS) is 12.0. The third kappa shape index (κ3) is 3.88. The van der Waals surface area contributed by atoms with Gasteiger partial charge in [0.15, 0.2) is 0 Å². The van der Waals surface area contributed by atoms with E-state index in [2.05, 4.69) is 20.2 Å². The van der Waals surface area contributed by atoms with E-state index in [-0.39, 0.29) is 0 Å². The molecule has 2 heterocycles. The van der Waals surface area contributed by atoms with Gasteiger partial charge in [-0.3, -0.25) is 0 Å². The molecule has 0 unspecified atom stereocenters. The molecule has 0 atom stereocenters. The number of hydrogen-bond donors (Lipinski definition) is 2. The van der Waals surface area contributed by atoms with E-state index in [9.17, 15) is 8.42 Å². The first-order chi connectivity index (χ1) is 9.94. The van der Waals surface area contributed by atoms with Gasteiger partial charge >= 0.3 is 0 Å². The van der Waals surface area contributed by atoms with Gasteiger partial charge in [-0.05, 0) is 20.0 Å². The summed E-state index contributed by atoms with van der Waals surface area (Å²) in [6.45, 7) is 2.78. The van der Waals surface area contributed by atoms with Crippen molar-refractivity contribution in [2.24, 2.45) is 7.05 Å². The zero-order valence-corrected chi connectivity index (χ0v) is 13.9. The molecule has 9 heteroatoms. The summed E-state index contributed by atoms with van der Waals surface area (Å²) in [4.78, 5) is 2.16. The molecule has 0 amide bonds. The van der Waals surface area contributed by atoms with E-state index in [1.165, 1.54) is 11.3 Å². The largest absolute Gasteiger partial charge is 0.321 e. The predicted octanol–water partition coefficient (Wildman–Crippen LogP) is 0.425. The van der Waals surface area contributed by atoms with E-state index in [1.54, 1.807) is 17.0 Å². The van der Waals surface area contributed by atoms with E-state index in [1.807, 2.05) is 21.0 Å². The number of nitrogens with zero attached hydrogens (tertiary/aromatic N) is 3. The maximum Gasteiger partial charge on any atom is 0.241 e. The second-order valence-electron chi connectivity index (χ2n) is 4.67. The van der Waals surface area contributed by atoms with Gasteiger partial charge in [0, 0.05) is 36.3 Å². The quantitative estimate of drug-likeness (QED) is 0.769. The van der Waals surface area contributed by atoms with Gasteiger partial charge in [0.1, 0.15) is 12.2 Å². The highest BCUT2D eigenvalue weighted by Crippen LogP contribution is 2.25. The highest BCUT2D eigenvalue weighted by atomic mass is 32.2. The number of thiophene rings is 1. The van der Waals surface area contributed by atoms with Crippen LogP contribution in [0.3, 0.4) is 0 Å². The molecule has 0 fully saturated rings. The average Bonchev–Trinajstić information content (AvgIpc) is 2.97. The molecule has 2 aromatic heterocycles. The monoisotopic (exact) mass is 329 g/mol. The molecule has 0 aromatic carbocycles. The van der Waals surface area contributed by atoms with Crippen LogP contribution >= 0.6 is 11.3 Å². The van der Waals surface area contributed by atoms with Crippen LogP contribution in [0.4, 0.5) is 0 Å². The minimum absolute atomic E-state index is 0.297. The van der Waals surface area contributed by atoms with Crippen molar-refractivity contribution >= 4 is 21.4 Å². The number of aromatic nitrogens is 3. The number of hydrogen-bond acceptors (Lipinski definition) is 6. The van der Waals surface area contributed by atoms with Crippen LogP contribution in [-0.2, 0) is 30.0 Å². The lowest BCUT2D eigenvalue weighted by atomic mass is 10.4. The Hall–Kier alpha value is -1.29. The molecule has 7 nitrogen and oxygen atoms in total. The van der Waals surface area contributed by atoms with Crippen LogP contribution in [0.2, 0.25) is 0 Å². The van der Waals surface area contributed by atoms with Gasteiger partial charge in [0.2, 0.25) is 10.0 Å². The summed E-state index contributed by atoms with van der Waals surface area (Å²) in [5, 5.41) is 10.7. The zero-order chi connectivity index (χ0) is 15.5. The average molecular weight is 329 g/mol. The smallest absolute Gasteiger partial charge is 0.241 e. The van der Waals surface area contributed by atoms with Crippen molar-refractivity contribution < 1.29 is 8.42 Å². The molecule has 0 aliphatic heterocycles. The summed E-state index contributed by atoms with van der Waals surface area (Å²) in [5.74, 6) is 0.746. The zero-order valence-electron chi connectivity index (χ0n) is 12.3. The standard InChI is InChI=1S/C12H19N5O2S2/c1-9-11(6-10(20-9)7-13-2)21(18,19)15-5-4-12-16-14-8-17(12)3/h6,8,13,15H,4-5,7H2,1-3H3. The van der Waals surface area contributed by atoms with Gasteiger partial charge < -0.3 is 9.88 Å². The summed E-state index contributed by atoms with van der Waals surface area (Å²) in [7, 11) is 0.187. The molecule has 0 saturated heterocycles. The Morgan fingerprint density at radius 1 is 1.43 bits per heavy atom. The van der Waals surface area contributed by atoms with Gasteiger partial charge in [0.05, 0.1) is 4.90 Å². The molecule has 0 spiro atoms. The molecule has 0 radical (unpaired) electrons.